The highest BCUT2D eigenvalue weighted by atomic mass is 33.1. The van der Waals surface area contributed by atoms with Crippen molar-refractivity contribution in [3.8, 4) is 0 Å². The van der Waals surface area contributed by atoms with Crippen LogP contribution in [0.4, 0.5) is 5.69 Å². The number of rotatable bonds is 6. The van der Waals surface area contributed by atoms with Crippen molar-refractivity contribution in [3.05, 3.63) is 77.6 Å². The summed E-state index contributed by atoms with van der Waals surface area (Å²) in [7, 11) is -6.70. The fraction of sp³-hybridized carbons (Fsp3) is 0.261. The van der Waals surface area contributed by atoms with Crippen molar-refractivity contribution in [3.63, 3.8) is 0 Å². The zero-order valence-corrected chi connectivity index (χ0v) is 21.0. The maximum absolute atomic E-state index is 13.0. The van der Waals surface area contributed by atoms with Gasteiger partial charge in [-0.05, 0) is 66.8 Å². The van der Waals surface area contributed by atoms with Gasteiger partial charge in [-0.1, -0.05) is 38.5 Å². The number of nitrogens with one attached hydrogen (secondary N) is 1. The lowest BCUT2D eigenvalue weighted by molar-refractivity contribution is 0.577. The fourth-order valence-electron chi connectivity index (χ4n) is 3.03. The number of benzene rings is 2. The van der Waals surface area contributed by atoms with Crippen molar-refractivity contribution in [2.24, 2.45) is 0 Å². The summed E-state index contributed by atoms with van der Waals surface area (Å²) in [6.45, 7) is 9.52. The molecule has 6 nitrogen and oxygen atoms in total. The van der Waals surface area contributed by atoms with Crippen LogP contribution >= 0.6 is 10.8 Å². The first-order valence-corrected chi connectivity index (χ1v) is 14.2. The highest BCUT2D eigenvalue weighted by molar-refractivity contribution is 8.72. The van der Waals surface area contributed by atoms with Crippen molar-refractivity contribution >= 4 is 35.4 Å². The second-order valence-electron chi connectivity index (χ2n) is 8.56. The van der Waals surface area contributed by atoms with E-state index in [0.29, 0.717) is 16.1 Å². The number of hydrogen-bond acceptors (Lipinski definition) is 6. The third-order valence-electron chi connectivity index (χ3n) is 4.83. The van der Waals surface area contributed by atoms with Gasteiger partial charge >= 0.3 is 0 Å². The molecule has 3 rings (SSSR count). The largest absolute Gasteiger partial charge is 0.279 e. The maximum Gasteiger partial charge on any atom is 0.263 e. The summed E-state index contributed by atoms with van der Waals surface area (Å²) in [5.74, 6) is 0. The van der Waals surface area contributed by atoms with Crippen LogP contribution in [0.2, 0.25) is 0 Å². The maximum atomic E-state index is 13.0. The van der Waals surface area contributed by atoms with Crippen molar-refractivity contribution in [1.82, 2.24) is 4.98 Å². The van der Waals surface area contributed by atoms with Crippen LogP contribution in [0.15, 0.2) is 75.6 Å². The summed E-state index contributed by atoms with van der Waals surface area (Å²) in [5, 5.41) is 0. The normalized spacial score (nSPS) is 12.5. The van der Waals surface area contributed by atoms with Crippen LogP contribution in [0.1, 0.15) is 37.5 Å². The summed E-state index contributed by atoms with van der Waals surface area (Å²) >= 11 is 0. The number of nitrogens with zero attached hydrogens (tertiary/aromatic N) is 1. The van der Waals surface area contributed by atoms with E-state index in [1.807, 2.05) is 27.7 Å². The second-order valence-corrected chi connectivity index (χ2v) is 14.0. The standard InChI is InChI=1S/C23H26N2O4S3/c1-16-8-10-18(11-9-16)32(28,29)30-22-13-17(2)21(14-20(22)23(3,4)5)25-31(26,27)19-7-6-12-24-15-19/h6-15,25H,1-5H3. The number of aryl methyl sites for hydroxylation is 2. The Labute approximate surface area is 193 Å². The first kappa shape index (κ1) is 24.3. The summed E-state index contributed by atoms with van der Waals surface area (Å²) in [6, 6.07) is 13.2. The predicted octanol–water partition coefficient (Wildman–Crippen LogP) is 5.28. The van der Waals surface area contributed by atoms with Gasteiger partial charge in [0.05, 0.1) is 10.6 Å². The van der Waals surface area contributed by atoms with E-state index in [9.17, 15) is 16.8 Å². The molecule has 0 atom stereocenters. The van der Waals surface area contributed by atoms with Crippen molar-refractivity contribution in [2.75, 3.05) is 4.72 Å². The number of aromatic nitrogens is 1. The third-order valence-corrected chi connectivity index (χ3v) is 9.54. The second kappa shape index (κ2) is 8.88. The molecular formula is C23H26N2O4S3. The molecule has 1 N–H and O–H groups in total. The quantitative estimate of drug-likeness (QED) is 0.473. The lowest BCUT2D eigenvalue weighted by Crippen LogP contribution is -2.17. The molecule has 9 heteroatoms. The van der Waals surface area contributed by atoms with E-state index in [-0.39, 0.29) is 9.79 Å². The van der Waals surface area contributed by atoms with Gasteiger partial charge in [0.1, 0.15) is 4.90 Å². The van der Waals surface area contributed by atoms with Gasteiger partial charge in [0.25, 0.3) is 10.0 Å². The Kier molecular flexibility index (Phi) is 6.74. The molecule has 0 bridgehead atoms. The molecule has 0 saturated heterocycles. The molecule has 0 unspecified atom stereocenters. The molecule has 2 aromatic carbocycles. The lowest BCUT2D eigenvalue weighted by atomic mass is 9.86. The lowest BCUT2D eigenvalue weighted by Gasteiger charge is -2.25. The average molecular weight is 491 g/mol. The number of anilines is 1. The molecule has 0 spiro atoms. The Balaban J connectivity index is 2.04. The monoisotopic (exact) mass is 490 g/mol. The Morgan fingerprint density at radius 3 is 2.12 bits per heavy atom. The number of sulfonamides is 1. The van der Waals surface area contributed by atoms with Crippen LogP contribution < -0.4 is 4.72 Å². The number of pyridine rings is 1. The Bertz CT molecular complexity index is 1330. The topological polar surface area (TPSA) is 93.2 Å². The van der Waals surface area contributed by atoms with Crippen LogP contribution in [-0.2, 0) is 24.3 Å². The van der Waals surface area contributed by atoms with E-state index in [0.717, 1.165) is 21.9 Å². The van der Waals surface area contributed by atoms with E-state index in [4.69, 9.17) is 0 Å². The summed E-state index contributed by atoms with van der Waals surface area (Å²) < 4.78 is 54.3. The zero-order chi connectivity index (χ0) is 23.7. The first-order chi connectivity index (χ1) is 14.8. The Morgan fingerprint density at radius 1 is 0.906 bits per heavy atom. The molecule has 3 aromatic rings. The van der Waals surface area contributed by atoms with Crippen molar-refractivity contribution in [1.29, 1.82) is 0 Å². The van der Waals surface area contributed by atoms with Gasteiger partial charge in [-0.15, -0.1) is 0 Å². The summed E-state index contributed by atoms with van der Waals surface area (Å²) in [5.41, 5.74) is 2.30. The van der Waals surface area contributed by atoms with Gasteiger partial charge in [-0.2, -0.15) is 0 Å². The van der Waals surface area contributed by atoms with Gasteiger partial charge in [0, 0.05) is 28.1 Å². The van der Waals surface area contributed by atoms with E-state index in [1.54, 1.807) is 49.4 Å². The van der Waals surface area contributed by atoms with E-state index >= 15 is 0 Å². The van der Waals surface area contributed by atoms with Crippen LogP contribution in [-0.4, -0.2) is 21.8 Å². The predicted molar refractivity (Wildman–Crippen MR) is 129 cm³/mol. The van der Waals surface area contributed by atoms with Gasteiger partial charge in [-0.3, -0.25) is 9.71 Å². The highest BCUT2D eigenvalue weighted by Gasteiger charge is 2.26. The minimum Gasteiger partial charge on any atom is -0.279 e. The molecule has 32 heavy (non-hydrogen) atoms. The molecule has 0 aliphatic carbocycles. The molecular weight excluding hydrogens is 464 g/mol. The average Bonchev–Trinajstić information content (AvgIpc) is 2.70. The molecule has 1 heterocycles. The SMILES string of the molecule is Cc1ccc(S(=O)(=O)Sc2cc(C)c(NS(=O)(=O)c3cccnc3)cc2C(C)(C)C)cc1. The van der Waals surface area contributed by atoms with Gasteiger partial charge in [0.2, 0.25) is 8.87 Å². The van der Waals surface area contributed by atoms with Gasteiger partial charge in [0.15, 0.2) is 0 Å². The Morgan fingerprint density at radius 2 is 1.56 bits per heavy atom. The van der Waals surface area contributed by atoms with Crippen LogP contribution in [0.25, 0.3) is 0 Å². The summed E-state index contributed by atoms with van der Waals surface area (Å²) in [6.07, 6.45) is 2.78. The molecule has 1 aromatic heterocycles. The van der Waals surface area contributed by atoms with Crippen LogP contribution in [0, 0.1) is 13.8 Å². The van der Waals surface area contributed by atoms with Crippen molar-refractivity contribution < 1.29 is 16.8 Å². The Hall–Kier alpha value is -2.36. The minimum atomic E-state index is -3.83. The molecule has 0 fully saturated rings. The fourth-order valence-corrected chi connectivity index (χ4v) is 7.34. The molecule has 0 radical (unpaired) electrons. The van der Waals surface area contributed by atoms with Crippen LogP contribution in [0.5, 0.6) is 0 Å². The zero-order valence-electron chi connectivity index (χ0n) is 18.6. The molecule has 170 valence electrons. The molecule has 0 aliphatic heterocycles. The molecule has 0 saturated carbocycles. The van der Waals surface area contributed by atoms with E-state index in [1.165, 1.54) is 18.5 Å². The van der Waals surface area contributed by atoms with Gasteiger partial charge in [-0.25, -0.2) is 16.8 Å². The minimum absolute atomic E-state index is 0.0529. The molecule has 0 amide bonds. The highest BCUT2D eigenvalue weighted by Crippen LogP contribution is 2.41. The molecule has 0 aliphatic rings. The van der Waals surface area contributed by atoms with Crippen LogP contribution in [0.3, 0.4) is 0 Å². The van der Waals surface area contributed by atoms with E-state index < -0.39 is 24.3 Å². The van der Waals surface area contributed by atoms with Gasteiger partial charge < -0.3 is 0 Å². The number of hydrogen-bond donors (Lipinski definition) is 1. The van der Waals surface area contributed by atoms with E-state index in [2.05, 4.69) is 9.71 Å². The first-order valence-electron chi connectivity index (χ1n) is 9.89. The smallest absolute Gasteiger partial charge is 0.263 e. The summed E-state index contributed by atoms with van der Waals surface area (Å²) in [4.78, 5) is 4.72. The van der Waals surface area contributed by atoms with Crippen molar-refractivity contribution in [2.45, 2.75) is 54.7 Å². The third kappa shape index (κ3) is 5.51.